The number of nitrogens with zero attached hydrogens (tertiary/aromatic N) is 3. The van der Waals surface area contributed by atoms with Gasteiger partial charge in [-0.05, 0) is 54.0 Å². The van der Waals surface area contributed by atoms with E-state index in [0.717, 1.165) is 22.2 Å². The van der Waals surface area contributed by atoms with E-state index in [1.807, 2.05) is 6.20 Å². The molecule has 0 amide bonds. The summed E-state index contributed by atoms with van der Waals surface area (Å²) in [4.78, 5) is 10.9. The lowest BCUT2D eigenvalue weighted by Gasteiger charge is -2.36. The average molecular weight is 351 g/mol. The van der Waals surface area contributed by atoms with Gasteiger partial charge in [-0.25, -0.2) is 9.97 Å². The van der Waals surface area contributed by atoms with E-state index in [9.17, 15) is 0 Å². The second-order valence-corrected chi connectivity index (χ2v) is 5.74. The maximum atomic E-state index is 4.46. The van der Waals surface area contributed by atoms with Crippen LogP contribution in [-0.4, -0.2) is 16.0 Å². The molecule has 0 saturated heterocycles. The molecule has 0 N–H and O–H groups in total. The molecule has 0 bridgehead atoms. The number of para-hydroxylation sites is 1. The molecule has 3 rings (SSSR count). The van der Waals surface area contributed by atoms with E-state index >= 15 is 0 Å². The smallest absolute Gasteiger partial charge is 0.150 e. The number of aryl methyl sites for hydroxylation is 1. The summed E-state index contributed by atoms with van der Waals surface area (Å²) in [6.45, 7) is 2.26. The molecule has 0 spiro atoms. The fourth-order valence-corrected chi connectivity index (χ4v) is 3.05. The minimum Gasteiger partial charge on any atom is -0.322 e. The van der Waals surface area contributed by atoms with Crippen LogP contribution < -0.4 is 4.90 Å². The lowest BCUT2D eigenvalue weighted by atomic mass is 9.97. The molecular weight excluding hydrogens is 337 g/mol. The van der Waals surface area contributed by atoms with E-state index < -0.39 is 0 Å². The fourth-order valence-electron chi connectivity index (χ4n) is 2.49. The van der Waals surface area contributed by atoms with Crippen molar-refractivity contribution in [2.75, 3.05) is 4.90 Å². The van der Waals surface area contributed by atoms with Crippen LogP contribution >= 0.6 is 22.6 Å². The maximum Gasteiger partial charge on any atom is 0.150 e. The Kier molecular flexibility index (Phi) is 3.20. The lowest BCUT2D eigenvalue weighted by Crippen LogP contribution is -2.34. The largest absolute Gasteiger partial charge is 0.322 e. The Balaban J connectivity index is 2.14. The van der Waals surface area contributed by atoms with Crippen molar-refractivity contribution < 1.29 is 0 Å². The van der Waals surface area contributed by atoms with Crippen LogP contribution in [0, 0.1) is 3.57 Å². The van der Waals surface area contributed by atoms with E-state index in [2.05, 4.69) is 68.6 Å². The van der Waals surface area contributed by atoms with Crippen molar-refractivity contribution in [3.05, 3.63) is 45.9 Å². The quantitative estimate of drug-likeness (QED) is 0.736. The van der Waals surface area contributed by atoms with Crippen molar-refractivity contribution in [1.29, 1.82) is 0 Å². The molecule has 1 unspecified atom stereocenters. The Hall–Kier alpha value is -1.17. The highest BCUT2D eigenvalue weighted by Crippen LogP contribution is 2.37. The summed E-state index contributed by atoms with van der Waals surface area (Å²) in [6.07, 6.45) is 5.81. The lowest BCUT2D eigenvalue weighted by molar-refractivity contribution is 0.612. The van der Waals surface area contributed by atoms with Crippen molar-refractivity contribution in [3.8, 4) is 0 Å². The van der Waals surface area contributed by atoms with Gasteiger partial charge in [0, 0.05) is 17.9 Å². The van der Waals surface area contributed by atoms with Gasteiger partial charge in [-0.2, -0.15) is 0 Å². The average Bonchev–Trinajstić information content (AvgIpc) is 2.40. The second-order valence-electron chi connectivity index (χ2n) is 4.58. The van der Waals surface area contributed by atoms with Gasteiger partial charge in [-0.3, -0.25) is 0 Å². The van der Waals surface area contributed by atoms with Gasteiger partial charge in [0.15, 0.2) is 0 Å². The fraction of sp³-hybridized carbons (Fsp3) is 0.286. The van der Waals surface area contributed by atoms with Crippen LogP contribution in [0.1, 0.15) is 18.9 Å². The maximum absolute atomic E-state index is 4.46. The second kappa shape index (κ2) is 4.84. The Morgan fingerprint density at radius 3 is 3.00 bits per heavy atom. The zero-order chi connectivity index (χ0) is 12.5. The molecule has 1 aromatic carbocycles. The van der Waals surface area contributed by atoms with Crippen LogP contribution in [0.5, 0.6) is 0 Å². The van der Waals surface area contributed by atoms with Crippen molar-refractivity contribution in [1.82, 2.24) is 9.97 Å². The van der Waals surface area contributed by atoms with Gasteiger partial charge < -0.3 is 4.90 Å². The van der Waals surface area contributed by atoms with E-state index in [1.165, 1.54) is 11.3 Å². The van der Waals surface area contributed by atoms with Crippen molar-refractivity contribution in [2.24, 2.45) is 0 Å². The molecule has 0 fully saturated rings. The molecule has 2 heterocycles. The first-order valence-electron chi connectivity index (χ1n) is 6.10. The van der Waals surface area contributed by atoms with Gasteiger partial charge in [0.1, 0.15) is 12.1 Å². The van der Waals surface area contributed by atoms with E-state index in [4.69, 9.17) is 0 Å². The highest BCUT2D eigenvalue weighted by molar-refractivity contribution is 14.1. The van der Waals surface area contributed by atoms with Crippen LogP contribution in [0.4, 0.5) is 11.5 Å². The minimum atomic E-state index is 0.475. The predicted octanol–water partition coefficient (Wildman–Crippen LogP) is 3.55. The highest BCUT2D eigenvalue weighted by Gasteiger charge is 2.26. The summed E-state index contributed by atoms with van der Waals surface area (Å²) in [6, 6.07) is 9.07. The molecule has 0 aliphatic carbocycles. The van der Waals surface area contributed by atoms with Gasteiger partial charge in [-0.1, -0.05) is 18.2 Å². The summed E-state index contributed by atoms with van der Waals surface area (Å²) < 4.78 is 1.10. The number of rotatable bonds is 1. The number of fused-ring (bicyclic) bond motifs is 1. The van der Waals surface area contributed by atoms with E-state index in [1.54, 1.807) is 6.33 Å². The van der Waals surface area contributed by atoms with E-state index in [-0.39, 0.29) is 0 Å². The number of hydrogen-bond donors (Lipinski definition) is 0. The Labute approximate surface area is 120 Å². The molecule has 1 aromatic heterocycles. The first kappa shape index (κ1) is 11.9. The Morgan fingerprint density at radius 2 is 2.17 bits per heavy atom. The molecule has 2 aromatic rings. The SMILES string of the molecule is CC1CCc2ccccc2N1c1ncncc1I. The summed E-state index contributed by atoms with van der Waals surface area (Å²) in [5, 5.41) is 0. The van der Waals surface area contributed by atoms with Gasteiger partial charge in [0.2, 0.25) is 0 Å². The summed E-state index contributed by atoms with van der Waals surface area (Å²) >= 11 is 2.30. The summed E-state index contributed by atoms with van der Waals surface area (Å²) in [5.74, 6) is 1.02. The van der Waals surface area contributed by atoms with Crippen LogP contribution in [-0.2, 0) is 6.42 Å². The van der Waals surface area contributed by atoms with Crippen molar-refractivity contribution >= 4 is 34.1 Å². The minimum absolute atomic E-state index is 0.475. The highest BCUT2D eigenvalue weighted by atomic mass is 127. The third-order valence-corrected chi connectivity index (χ3v) is 4.16. The summed E-state index contributed by atoms with van der Waals surface area (Å²) in [7, 11) is 0. The number of anilines is 2. The van der Waals surface area contributed by atoms with Gasteiger partial charge in [-0.15, -0.1) is 0 Å². The normalized spacial score (nSPS) is 18.6. The zero-order valence-corrected chi connectivity index (χ0v) is 12.3. The number of halogens is 1. The summed E-state index contributed by atoms with van der Waals surface area (Å²) in [5.41, 5.74) is 2.69. The molecule has 0 radical (unpaired) electrons. The Morgan fingerprint density at radius 1 is 1.33 bits per heavy atom. The number of aromatic nitrogens is 2. The number of benzene rings is 1. The molecule has 1 atom stereocenters. The molecule has 3 nitrogen and oxygen atoms in total. The molecule has 0 saturated carbocycles. The monoisotopic (exact) mass is 351 g/mol. The van der Waals surface area contributed by atoms with Gasteiger partial charge in [0.05, 0.1) is 3.57 Å². The molecule has 1 aliphatic rings. The third-order valence-electron chi connectivity index (χ3n) is 3.40. The van der Waals surface area contributed by atoms with Gasteiger partial charge in [0.25, 0.3) is 0 Å². The Bertz CT molecular complexity index is 570. The topological polar surface area (TPSA) is 29.0 Å². The van der Waals surface area contributed by atoms with Crippen LogP contribution in [0.25, 0.3) is 0 Å². The predicted molar refractivity (Wildman–Crippen MR) is 81.1 cm³/mol. The van der Waals surface area contributed by atoms with Crippen molar-refractivity contribution in [3.63, 3.8) is 0 Å². The molecule has 4 heteroatoms. The molecule has 1 aliphatic heterocycles. The van der Waals surface area contributed by atoms with Crippen LogP contribution in [0.3, 0.4) is 0 Å². The van der Waals surface area contributed by atoms with E-state index in [0.29, 0.717) is 6.04 Å². The zero-order valence-electron chi connectivity index (χ0n) is 10.2. The van der Waals surface area contributed by atoms with Crippen LogP contribution in [0.15, 0.2) is 36.8 Å². The van der Waals surface area contributed by atoms with Gasteiger partial charge >= 0.3 is 0 Å². The third kappa shape index (κ3) is 1.98. The first-order chi connectivity index (χ1) is 8.77. The molecule has 92 valence electrons. The standard InChI is InChI=1S/C14H14IN3/c1-10-6-7-11-4-2-3-5-13(11)18(10)14-12(15)8-16-9-17-14/h2-5,8-10H,6-7H2,1H3. The van der Waals surface area contributed by atoms with Crippen LogP contribution in [0.2, 0.25) is 0 Å². The first-order valence-corrected chi connectivity index (χ1v) is 7.18. The molecule has 18 heavy (non-hydrogen) atoms. The van der Waals surface area contributed by atoms with Crippen molar-refractivity contribution in [2.45, 2.75) is 25.8 Å². The number of hydrogen-bond acceptors (Lipinski definition) is 3. The molecular formula is C14H14IN3.